The van der Waals surface area contributed by atoms with Crippen molar-refractivity contribution in [3.63, 3.8) is 0 Å². The summed E-state index contributed by atoms with van der Waals surface area (Å²) in [6, 6.07) is -18.7. The summed E-state index contributed by atoms with van der Waals surface area (Å²) in [7, 11) is 0. The monoisotopic (exact) mass is 479 g/mol. The molecule has 7 aromatic carbocycles. The van der Waals surface area contributed by atoms with Gasteiger partial charge in [0, 0.05) is 0 Å². The molecular formula is C36H24. The summed E-state index contributed by atoms with van der Waals surface area (Å²) < 4.78 is 202. The molecule has 0 unspecified atom stereocenters. The molecule has 0 amide bonds. The highest BCUT2D eigenvalue weighted by atomic mass is 14.2. The van der Waals surface area contributed by atoms with Gasteiger partial charge in [-0.3, -0.25) is 0 Å². The SMILES string of the molecule is [2H]c1cc(-c2c([2H])c([2H])c([2H])c(-c3c4c([2H])c([2H])c([2H])c([2H])c4c(-c4c([2H])c([2H])c5c([2H])c([2H])c([2H])c([2H])c5c4[2H])c4c([2H])c([2H])c([2H])c([2H])c34)c2[2H])c([2H])c([2H])c1[2H]. The second kappa shape index (κ2) is 8.52. The topological polar surface area (TPSA) is 0 Å². The van der Waals surface area contributed by atoms with E-state index in [0.717, 1.165) is 6.07 Å². The number of benzene rings is 7. The van der Waals surface area contributed by atoms with Crippen LogP contribution in [0.1, 0.15) is 31.5 Å². The molecule has 0 aliphatic heterocycles. The van der Waals surface area contributed by atoms with Crippen LogP contribution in [-0.4, -0.2) is 0 Å². The Morgan fingerprint density at radius 2 is 0.861 bits per heavy atom. The van der Waals surface area contributed by atoms with Crippen molar-refractivity contribution in [3.8, 4) is 33.4 Å². The van der Waals surface area contributed by atoms with Crippen molar-refractivity contribution in [2.45, 2.75) is 0 Å². The van der Waals surface area contributed by atoms with Crippen molar-refractivity contribution >= 4 is 32.3 Å². The highest BCUT2D eigenvalue weighted by Crippen LogP contribution is 2.44. The molecule has 0 N–H and O–H groups in total. The fraction of sp³-hybridized carbons (Fsp3) is 0. The zero-order valence-corrected chi connectivity index (χ0v) is 18.1. The van der Waals surface area contributed by atoms with Crippen LogP contribution in [0, 0.1) is 0 Å². The Bertz CT molecular complexity index is 3050. The van der Waals surface area contributed by atoms with E-state index >= 15 is 0 Å². The quantitative estimate of drug-likeness (QED) is 0.221. The molecule has 0 nitrogen and oxygen atoms in total. The maximum absolute atomic E-state index is 9.45. The minimum absolute atomic E-state index is 0.462. The average molecular weight is 480 g/mol. The molecular weight excluding hydrogens is 432 g/mol. The Labute approximate surface area is 243 Å². The molecule has 0 atom stereocenters. The van der Waals surface area contributed by atoms with Crippen LogP contribution in [0.3, 0.4) is 0 Å². The maximum atomic E-state index is 9.45. The smallest absolute Gasteiger partial charge is 0.0622 e. The van der Waals surface area contributed by atoms with E-state index in [1.54, 1.807) is 0 Å². The first kappa shape index (κ1) is 7.91. The van der Waals surface area contributed by atoms with Gasteiger partial charge >= 0.3 is 0 Å². The zero-order chi connectivity index (χ0) is 43.9. The molecule has 0 aliphatic rings. The molecule has 0 spiro atoms. The molecule has 7 rings (SSSR count). The Kier molecular flexibility index (Phi) is 1.87. The summed E-state index contributed by atoms with van der Waals surface area (Å²) in [6.45, 7) is 0. The van der Waals surface area contributed by atoms with Crippen LogP contribution in [-0.2, 0) is 0 Å². The van der Waals surface area contributed by atoms with Gasteiger partial charge in [-0.25, -0.2) is 0 Å². The average Bonchev–Trinajstić information content (AvgIpc) is 3.20. The first-order chi connectivity index (χ1) is 27.4. The van der Waals surface area contributed by atoms with E-state index in [2.05, 4.69) is 0 Å². The Morgan fingerprint density at radius 3 is 1.56 bits per heavy atom. The number of hydrogen-bond acceptors (Lipinski definition) is 0. The third kappa shape index (κ3) is 3.39. The number of rotatable bonds is 3. The third-order valence-electron chi connectivity index (χ3n) is 5.57. The van der Waals surface area contributed by atoms with Gasteiger partial charge < -0.3 is 0 Å². The van der Waals surface area contributed by atoms with E-state index in [1.165, 1.54) is 0 Å². The Morgan fingerprint density at radius 1 is 0.333 bits per heavy atom. The summed E-state index contributed by atoms with van der Waals surface area (Å²) in [6.07, 6.45) is 0. The normalized spacial score (nSPS) is 20.3. The van der Waals surface area contributed by atoms with Crippen LogP contribution in [0.2, 0.25) is 0 Å². The molecule has 168 valence electrons. The fourth-order valence-electron chi connectivity index (χ4n) is 4.05. The van der Waals surface area contributed by atoms with Crippen LogP contribution in [0.4, 0.5) is 0 Å². The number of hydrogen-bond donors (Lipinski definition) is 0. The molecule has 0 aromatic heterocycles. The third-order valence-corrected chi connectivity index (χ3v) is 5.57. The van der Waals surface area contributed by atoms with Gasteiger partial charge in [0.15, 0.2) is 0 Å². The minimum atomic E-state index is -0.947. The van der Waals surface area contributed by atoms with Crippen molar-refractivity contribution in [2.75, 3.05) is 0 Å². The fourth-order valence-corrected chi connectivity index (χ4v) is 4.05. The van der Waals surface area contributed by atoms with Gasteiger partial charge in [0.25, 0.3) is 0 Å². The minimum Gasteiger partial charge on any atom is -0.0622 e. The van der Waals surface area contributed by atoms with Crippen LogP contribution < -0.4 is 0 Å². The first-order valence-corrected chi connectivity index (χ1v) is 10.6. The van der Waals surface area contributed by atoms with Crippen molar-refractivity contribution < 1.29 is 31.5 Å². The van der Waals surface area contributed by atoms with Gasteiger partial charge in [-0.1, -0.05) is 133 Å². The van der Waals surface area contributed by atoms with E-state index in [-0.39, 0.29) is 0 Å². The van der Waals surface area contributed by atoms with Crippen molar-refractivity contribution in [2.24, 2.45) is 0 Å². The molecule has 0 fully saturated rings. The summed E-state index contributed by atoms with van der Waals surface area (Å²) >= 11 is 0. The molecule has 0 heteroatoms. The Balaban J connectivity index is 1.88. The van der Waals surface area contributed by atoms with E-state index in [9.17, 15) is 8.22 Å². The summed E-state index contributed by atoms with van der Waals surface area (Å²) in [5.74, 6) is 0. The Hall–Kier alpha value is -4.68. The molecule has 0 radical (unpaired) electrons. The van der Waals surface area contributed by atoms with Gasteiger partial charge in [0.05, 0.1) is 31.5 Å². The van der Waals surface area contributed by atoms with Gasteiger partial charge in [-0.05, 0) is 77.8 Å². The molecule has 0 aliphatic carbocycles. The second-order valence-corrected chi connectivity index (χ2v) is 7.58. The lowest BCUT2D eigenvalue weighted by Crippen LogP contribution is -1.91. The van der Waals surface area contributed by atoms with Crippen molar-refractivity contribution in [1.82, 2.24) is 0 Å². The van der Waals surface area contributed by atoms with E-state index in [1.807, 2.05) is 0 Å². The number of fused-ring (bicyclic) bond motifs is 3. The van der Waals surface area contributed by atoms with E-state index in [4.69, 9.17) is 23.3 Å². The predicted molar refractivity (Wildman–Crippen MR) is 155 cm³/mol. The van der Waals surface area contributed by atoms with Crippen LogP contribution in [0.15, 0.2) is 145 Å². The maximum Gasteiger partial charge on any atom is 0.0636 e. The summed E-state index contributed by atoms with van der Waals surface area (Å²) in [4.78, 5) is 0. The largest absolute Gasteiger partial charge is 0.0636 e. The van der Waals surface area contributed by atoms with Gasteiger partial charge in [-0.15, -0.1) is 0 Å². The molecule has 0 saturated carbocycles. The summed E-state index contributed by atoms with van der Waals surface area (Å²) in [5, 5.41) is -3.76. The van der Waals surface area contributed by atoms with Gasteiger partial charge in [-0.2, -0.15) is 0 Å². The van der Waals surface area contributed by atoms with Crippen LogP contribution >= 0.6 is 0 Å². The predicted octanol–water partition coefficient (Wildman–Crippen LogP) is 10.1. The lowest BCUT2D eigenvalue weighted by atomic mass is 9.85. The van der Waals surface area contributed by atoms with E-state index in [0.29, 0.717) is 0 Å². The second-order valence-electron chi connectivity index (χ2n) is 7.58. The first-order valence-electron chi connectivity index (χ1n) is 22.1. The highest BCUT2D eigenvalue weighted by Gasteiger charge is 2.17. The lowest BCUT2D eigenvalue weighted by molar-refractivity contribution is 1.61. The van der Waals surface area contributed by atoms with Crippen molar-refractivity contribution in [3.05, 3.63) is 145 Å². The van der Waals surface area contributed by atoms with Crippen LogP contribution in [0.5, 0.6) is 0 Å². The molecule has 7 aromatic rings. The summed E-state index contributed by atoms with van der Waals surface area (Å²) in [5.41, 5.74) is -3.84. The standard InChI is InChI=1S/C36H24/c1-2-11-25(12-3-1)28-15-10-16-29(23-28)35-31-17-6-8-19-33(31)36(34-20-9-7-18-32(34)35)30-22-21-26-13-4-5-14-27(26)24-30/h1-24H/i1D,2D,3D,4D,5D,6D,7D,8D,9D,10D,11D,13D,14D,15D,16D,17D,18D,19D,20D,21D,22D,23D,24D. The zero-order valence-electron chi connectivity index (χ0n) is 41.1. The highest BCUT2D eigenvalue weighted by molar-refractivity contribution is 6.21. The van der Waals surface area contributed by atoms with E-state index < -0.39 is 205 Å². The lowest BCUT2D eigenvalue weighted by Gasteiger charge is -2.18. The van der Waals surface area contributed by atoms with Crippen molar-refractivity contribution in [1.29, 1.82) is 0 Å². The molecule has 36 heavy (non-hydrogen) atoms. The van der Waals surface area contributed by atoms with Gasteiger partial charge in [0.1, 0.15) is 0 Å². The molecule has 0 bridgehead atoms. The molecule has 0 heterocycles. The van der Waals surface area contributed by atoms with Gasteiger partial charge in [0.2, 0.25) is 0 Å². The molecule has 0 saturated heterocycles. The van der Waals surface area contributed by atoms with Crippen LogP contribution in [0.25, 0.3) is 65.7 Å².